The molecule has 0 amide bonds. The molecule has 0 radical (unpaired) electrons. The van der Waals surface area contributed by atoms with E-state index in [-0.39, 0.29) is 17.8 Å². The number of allylic oxidation sites excluding steroid dienone is 1. The number of hydrogen-bond donors (Lipinski definition) is 0. The Morgan fingerprint density at radius 1 is 1.12 bits per heavy atom. The second kappa shape index (κ2) is 5.92. The molecule has 0 N–H and O–H groups in total. The molecular weight excluding hydrogens is 350 g/mol. The minimum absolute atomic E-state index is 0.186. The summed E-state index contributed by atoms with van der Waals surface area (Å²) in [6, 6.07) is 7.02. The molecule has 1 aromatic carbocycles. The van der Waals surface area contributed by atoms with E-state index in [0.29, 0.717) is 24.4 Å². The van der Waals surface area contributed by atoms with Gasteiger partial charge in [0.1, 0.15) is 5.60 Å². The van der Waals surface area contributed by atoms with Gasteiger partial charge in [0.2, 0.25) is 10.0 Å². The average Bonchev–Trinajstić information content (AvgIpc) is 3.19. The van der Waals surface area contributed by atoms with Crippen molar-refractivity contribution in [2.75, 3.05) is 13.1 Å². The largest absolute Gasteiger partial charge is 0.455 e. The van der Waals surface area contributed by atoms with E-state index in [4.69, 9.17) is 4.74 Å². The maximum absolute atomic E-state index is 12.9. The standard InChI is InChI=1S/C20H25NO4S/c1-13(2)18-10-20(25-19(18)22)8-15-11-21(12-16(15)9-20)26(23,24)17-6-4-14(3)5-7-17/h4-7,15-16H,8-12H2,1-3H3/t15-,16+,20?. The van der Waals surface area contributed by atoms with Crippen LogP contribution in [0.3, 0.4) is 0 Å². The molecular formula is C20H25NO4S. The lowest BCUT2D eigenvalue weighted by Gasteiger charge is -2.25. The molecule has 140 valence electrons. The topological polar surface area (TPSA) is 63.7 Å². The van der Waals surface area contributed by atoms with Crippen LogP contribution < -0.4 is 0 Å². The van der Waals surface area contributed by atoms with E-state index in [1.165, 1.54) is 0 Å². The zero-order valence-electron chi connectivity index (χ0n) is 15.5. The Balaban J connectivity index is 1.50. The summed E-state index contributed by atoms with van der Waals surface area (Å²) < 4.78 is 33.2. The van der Waals surface area contributed by atoms with Crippen molar-refractivity contribution in [3.63, 3.8) is 0 Å². The van der Waals surface area contributed by atoms with E-state index in [0.717, 1.165) is 29.6 Å². The Morgan fingerprint density at radius 2 is 1.69 bits per heavy atom. The van der Waals surface area contributed by atoms with Crippen molar-refractivity contribution >= 4 is 16.0 Å². The molecule has 1 saturated carbocycles. The quantitative estimate of drug-likeness (QED) is 0.589. The highest BCUT2D eigenvalue weighted by atomic mass is 32.2. The van der Waals surface area contributed by atoms with Crippen LogP contribution in [0.1, 0.15) is 38.7 Å². The molecule has 2 aliphatic heterocycles. The first-order valence-electron chi connectivity index (χ1n) is 9.17. The van der Waals surface area contributed by atoms with Gasteiger partial charge in [0.25, 0.3) is 0 Å². The molecule has 1 unspecified atom stereocenters. The van der Waals surface area contributed by atoms with Gasteiger partial charge in [0.15, 0.2) is 0 Å². The first-order valence-corrected chi connectivity index (χ1v) is 10.6. The normalized spacial score (nSPS) is 31.5. The summed E-state index contributed by atoms with van der Waals surface area (Å²) in [4.78, 5) is 12.5. The summed E-state index contributed by atoms with van der Waals surface area (Å²) in [5.41, 5.74) is 2.46. The molecule has 26 heavy (non-hydrogen) atoms. The van der Waals surface area contributed by atoms with Gasteiger partial charge >= 0.3 is 5.97 Å². The molecule has 3 atom stereocenters. The highest BCUT2D eigenvalue weighted by molar-refractivity contribution is 7.89. The fourth-order valence-corrected chi connectivity index (χ4v) is 6.30. The van der Waals surface area contributed by atoms with Crippen LogP contribution in [-0.4, -0.2) is 37.4 Å². The van der Waals surface area contributed by atoms with E-state index in [2.05, 4.69) is 0 Å². The van der Waals surface area contributed by atoms with Crippen LogP contribution in [0.2, 0.25) is 0 Å². The highest BCUT2D eigenvalue weighted by Crippen LogP contribution is 2.52. The van der Waals surface area contributed by atoms with Gasteiger partial charge in [-0.2, -0.15) is 4.31 Å². The summed E-state index contributed by atoms with van der Waals surface area (Å²) in [7, 11) is -3.45. The molecule has 5 nitrogen and oxygen atoms in total. The fourth-order valence-electron chi connectivity index (χ4n) is 4.75. The van der Waals surface area contributed by atoms with Crippen LogP contribution in [0.4, 0.5) is 0 Å². The second-order valence-corrected chi connectivity index (χ2v) is 10.2. The third kappa shape index (κ3) is 2.79. The molecule has 2 saturated heterocycles. The van der Waals surface area contributed by atoms with E-state index >= 15 is 0 Å². The number of esters is 1. The molecule has 4 rings (SSSR count). The average molecular weight is 375 g/mol. The number of nitrogens with zero attached hydrogens (tertiary/aromatic N) is 1. The number of sulfonamides is 1. The van der Waals surface area contributed by atoms with Crippen molar-refractivity contribution in [3.05, 3.63) is 41.0 Å². The molecule has 1 aliphatic carbocycles. The molecule has 1 aromatic rings. The van der Waals surface area contributed by atoms with Crippen LogP contribution in [0.5, 0.6) is 0 Å². The smallest absolute Gasteiger partial charge is 0.334 e. The van der Waals surface area contributed by atoms with Crippen molar-refractivity contribution in [2.45, 2.75) is 50.5 Å². The maximum atomic E-state index is 12.9. The Labute approximate surface area is 155 Å². The highest BCUT2D eigenvalue weighted by Gasteiger charge is 2.56. The summed E-state index contributed by atoms with van der Waals surface area (Å²) in [5.74, 6) is 0.341. The van der Waals surface area contributed by atoms with E-state index < -0.39 is 15.6 Å². The summed E-state index contributed by atoms with van der Waals surface area (Å²) in [6.45, 7) is 6.87. The molecule has 2 heterocycles. The van der Waals surface area contributed by atoms with Crippen LogP contribution in [-0.2, 0) is 19.6 Å². The zero-order valence-corrected chi connectivity index (χ0v) is 16.3. The predicted molar refractivity (Wildman–Crippen MR) is 98.0 cm³/mol. The number of rotatable bonds is 2. The molecule has 0 bridgehead atoms. The van der Waals surface area contributed by atoms with Gasteiger partial charge in [-0.1, -0.05) is 23.3 Å². The monoisotopic (exact) mass is 375 g/mol. The maximum Gasteiger partial charge on any atom is 0.334 e. The molecule has 3 aliphatic rings. The molecule has 0 aromatic heterocycles. The van der Waals surface area contributed by atoms with Crippen LogP contribution in [0, 0.1) is 18.8 Å². The number of fused-ring (bicyclic) bond motifs is 1. The Kier molecular flexibility index (Phi) is 4.04. The zero-order chi connectivity index (χ0) is 18.7. The summed E-state index contributed by atoms with van der Waals surface area (Å²) in [5, 5.41) is 0. The number of benzene rings is 1. The molecule has 6 heteroatoms. The first kappa shape index (κ1) is 17.7. The van der Waals surface area contributed by atoms with Gasteiger partial charge in [0, 0.05) is 25.1 Å². The Bertz CT molecular complexity index is 867. The lowest BCUT2D eigenvalue weighted by atomic mass is 9.92. The number of aryl methyl sites for hydroxylation is 1. The minimum atomic E-state index is -3.45. The second-order valence-electron chi connectivity index (χ2n) is 8.29. The SMILES string of the molecule is CC(C)=C1CC2(C[C@H]3CN(S(=O)(=O)c4ccc(C)cc4)C[C@H]3C2)OC1=O. The number of ether oxygens (including phenoxy) is 1. The number of hydrogen-bond acceptors (Lipinski definition) is 4. The number of carbonyl (C=O) groups is 1. The van der Waals surface area contributed by atoms with Crippen molar-refractivity contribution in [3.8, 4) is 0 Å². The molecule has 3 fully saturated rings. The Hall–Kier alpha value is -1.66. The lowest BCUT2D eigenvalue weighted by Crippen LogP contribution is -2.33. The van der Waals surface area contributed by atoms with Gasteiger partial charge in [0.05, 0.1) is 4.90 Å². The fraction of sp³-hybridized carbons (Fsp3) is 0.550. The first-order chi connectivity index (χ1) is 12.2. The lowest BCUT2D eigenvalue weighted by molar-refractivity contribution is -0.146. The predicted octanol–water partition coefficient (Wildman–Crippen LogP) is 3.05. The summed E-state index contributed by atoms with van der Waals surface area (Å²) >= 11 is 0. The van der Waals surface area contributed by atoms with Crippen LogP contribution in [0.25, 0.3) is 0 Å². The van der Waals surface area contributed by atoms with E-state index in [9.17, 15) is 13.2 Å². The van der Waals surface area contributed by atoms with Crippen molar-refractivity contribution < 1.29 is 17.9 Å². The van der Waals surface area contributed by atoms with Crippen LogP contribution >= 0.6 is 0 Å². The van der Waals surface area contributed by atoms with Crippen LogP contribution in [0.15, 0.2) is 40.3 Å². The third-order valence-corrected chi connectivity index (χ3v) is 7.97. The van der Waals surface area contributed by atoms with E-state index in [1.807, 2.05) is 32.9 Å². The van der Waals surface area contributed by atoms with Gasteiger partial charge in [-0.3, -0.25) is 0 Å². The van der Waals surface area contributed by atoms with Gasteiger partial charge in [-0.25, -0.2) is 13.2 Å². The van der Waals surface area contributed by atoms with Crippen molar-refractivity contribution in [2.24, 2.45) is 11.8 Å². The van der Waals surface area contributed by atoms with E-state index in [1.54, 1.807) is 16.4 Å². The van der Waals surface area contributed by atoms with Crippen molar-refractivity contribution in [1.82, 2.24) is 4.31 Å². The van der Waals surface area contributed by atoms with Crippen molar-refractivity contribution in [1.29, 1.82) is 0 Å². The van der Waals surface area contributed by atoms with Gasteiger partial charge in [-0.05, 0) is 57.6 Å². The molecule has 1 spiro atoms. The Morgan fingerprint density at radius 3 is 2.19 bits per heavy atom. The third-order valence-electron chi connectivity index (χ3n) is 6.13. The van der Waals surface area contributed by atoms with Gasteiger partial charge in [-0.15, -0.1) is 0 Å². The summed E-state index contributed by atoms with van der Waals surface area (Å²) in [6.07, 6.45) is 2.20. The minimum Gasteiger partial charge on any atom is -0.455 e. The number of carbonyl (C=O) groups excluding carboxylic acids is 1. The van der Waals surface area contributed by atoms with Gasteiger partial charge < -0.3 is 4.74 Å².